The van der Waals surface area contributed by atoms with Gasteiger partial charge in [-0.25, -0.2) is 4.39 Å². The van der Waals surface area contributed by atoms with E-state index in [0.29, 0.717) is 16.2 Å². The molecule has 2 aromatic rings. The van der Waals surface area contributed by atoms with Crippen molar-refractivity contribution in [1.29, 1.82) is 5.26 Å². The summed E-state index contributed by atoms with van der Waals surface area (Å²) < 4.78 is 18.1. The van der Waals surface area contributed by atoms with Crippen LogP contribution in [0.15, 0.2) is 35.7 Å². The number of ketones is 1. The first-order chi connectivity index (χ1) is 9.15. The van der Waals surface area contributed by atoms with Gasteiger partial charge in [-0.1, -0.05) is 12.1 Å². The van der Waals surface area contributed by atoms with Gasteiger partial charge >= 0.3 is 0 Å². The first-order valence-corrected chi connectivity index (χ1v) is 6.35. The topological polar surface area (TPSA) is 50.1 Å². The summed E-state index contributed by atoms with van der Waals surface area (Å²) in [6.07, 6.45) is 0. The molecule has 3 nitrogen and oxygen atoms in total. The van der Waals surface area contributed by atoms with E-state index in [9.17, 15) is 9.18 Å². The van der Waals surface area contributed by atoms with Gasteiger partial charge in [0.15, 0.2) is 5.78 Å². The molecule has 0 aliphatic heterocycles. The highest BCUT2D eigenvalue weighted by Gasteiger charge is 2.23. The molecule has 0 aliphatic carbocycles. The summed E-state index contributed by atoms with van der Waals surface area (Å²) in [5, 5.41) is 10.8. The van der Waals surface area contributed by atoms with Crippen molar-refractivity contribution in [3.8, 4) is 11.8 Å². The largest absolute Gasteiger partial charge is 0.496 e. The van der Waals surface area contributed by atoms with Crippen LogP contribution in [0.2, 0.25) is 0 Å². The molecule has 0 fully saturated rings. The molecular formula is C14H10FNO2S. The van der Waals surface area contributed by atoms with Crippen molar-refractivity contribution in [1.82, 2.24) is 0 Å². The lowest BCUT2D eigenvalue weighted by molar-refractivity contribution is 0.0982. The Morgan fingerprint density at radius 2 is 2.26 bits per heavy atom. The van der Waals surface area contributed by atoms with E-state index < -0.39 is 11.7 Å². The molecule has 19 heavy (non-hydrogen) atoms. The molecule has 1 aromatic carbocycles. The van der Waals surface area contributed by atoms with Crippen molar-refractivity contribution in [3.63, 3.8) is 0 Å². The first-order valence-electron chi connectivity index (χ1n) is 5.47. The van der Waals surface area contributed by atoms with Gasteiger partial charge in [0.05, 0.1) is 18.1 Å². The SMILES string of the molecule is COc1csc(C(=O)C(C#N)c2cccc(F)c2)c1. The lowest BCUT2D eigenvalue weighted by atomic mass is 9.95. The zero-order chi connectivity index (χ0) is 13.8. The highest BCUT2D eigenvalue weighted by atomic mass is 32.1. The average Bonchev–Trinajstić information content (AvgIpc) is 2.88. The first kappa shape index (κ1) is 13.2. The third-order valence-electron chi connectivity index (χ3n) is 2.63. The predicted molar refractivity (Wildman–Crippen MR) is 70.0 cm³/mol. The van der Waals surface area contributed by atoms with Crippen molar-refractivity contribution >= 4 is 17.1 Å². The van der Waals surface area contributed by atoms with Crippen molar-refractivity contribution < 1.29 is 13.9 Å². The minimum Gasteiger partial charge on any atom is -0.496 e. The number of benzene rings is 1. The normalized spacial score (nSPS) is 11.6. The van der Waals surface area contributed by atoms with Crippen LogP contribution in [-0.4, -0.2) is 12.9 Å². The molecule has 1 heterocycles. The number of carbonyl (C=O) groups excluding carboxylic acids is 1. The van der Waals surface area contributed by atoms with Crippen molar-refractivity contribution in [2.24, 2.45) is 0 Å². The van der Waals surface area contributed by atoms with Gasteiger partial charge in [0.1, 0.15) is 17.5 Å². The van der Waals surface area contributed by atoms with E-state index in [-0.39, 0.29) is 5.78 Å². The molecule has 0 saturated heterocycles. The van der Waals surface area contributed by atoms with Gasteiger partial charge in [-0.15, -0.1) is 11.3 Å². The molecular weight excluding hydrogens is 265 g/mol. The van der Waals surface area contributed by atoms with Crippen molar-refractivity contribution in [2.45, 2.75) is 5.92 Å². The number of carbonyl (C=O) groups is 1. The number of methoxy groups -OCH3 is 1. The molecule has 0 N–H and O–H groups in total. The molecule has 0 spiro atoms. The number of halogens is 1. The fraction of sp³-hybridized carbons (Fsp3) is 0.143. The number of rotatable bonds is 4. The maximum absolute atomic E-state index is 13.2. The number of nitriles is 1. The maximum atomic E-state index is 13.2. The Balaban J connectivity index is 2.32. The fourth-order valence-corrected chi connectivity index (χ4v) is 2.49. The highest BCUT2D eigenvalue weighted by molar-refractivity contribution is 7.12. The number of hydrogen-bond donors (Lipinski definition) is 0. The average molecular weight is 275 g/mol. The Labute approximate surface area is 113 Å². The molecule has 1 atom stereocenters. The molecule has 0 aliphatic rings. The van der Waals surface area contributed by atoms with Crippen molar-refractivity contribution in [3.05, 3.63) is 52.0 Å². The zero-order valence-corrected chi connectivity index (χ0v) is 10.9. The van der Waals surface area contributed by atoms with Crippen LogP contribution in [0.1, 0.15) is 21.2 Å². The quantitative estimate of drug-likeness (QED) is 0.804. The Kier molecular flexibility index (Phi) is 3.93. The number of nitrogens with zero attached hydrogens (tertiary/aromatic N) is 1. The number of Topliss-reactive ketones (excluding diaryl/α,β-unsaturated/α-hetero) is 1. The summed E-state index contributed by atoms with van der Waals surface area (Å²) in [5.41, 5.74) is 0.361. The molecule has 5 heteroatoms. The number of ether oxygens (including phenoxy) is 1. The van der Waals surface area contributed by atoms with Crippen LogP contribution in [0.4, 0.5) is 4.39 Å². The van der Waals surface area contributed by atoms with Crippen LogP contribution in [0, 0.1) is 17.1 Å². The minimum atomic E-state index is -1.00. The van der Waals surface area contributed by atoms with Gasteiger partial charge in [0, 0.05) is 11.4 Å². The zero-order valence-electron chi connectivity index (χ0n) is 10.1. The van der Waals surface area contributed by atoms with Gasteiger partial charge in [0.25, 0.3) is 0 Å². The third-order valence-corrected chi connectivity index (χ3v) is 3.55. The van der Waals surface area contributed by atoms with Crippen LogP contribution in [0.5, 0.6) is 5.75 Å². The van der Waals surface area contributed by atoms with E-state index in [1.165, 1.54) is 36.6 Å². The van der Waals surface area contributed by atoms with Crippen LogP contribution >= 0.6 is 11.3 Å². The second-order valence-corrected chi connectivity index (χ2v) is 4.74. The van der Waals surface area contributed by atoms with Gasteiger partial charge in [-0.2, -0.15) is 5.26 Å². The Hall–Kier alpha value is -2.19. The lowest BCUT2D eigenvalue weighted by Gasteiger charge is -2.06. The fourth-order valence-electron chi connectivity index (χ4n) is 1.67. The summed E-state index contributed by atoms with van der Waals surface area (Å²) in [6.45, 7) is 0. The van der Waals surface area contributed by atoms with Crippen LogP contribution in [-0.2, 0) is 0 Å². The summed E-state index contributed by atoms with van der Waals surface area (Å²) in [4.78, 5) is 12.7. The molecule has 0 radical (unpaired) electrons. The molecule has 1 unspecified atom stereocenters. The van der Waals surface area contributed by atoms with Gasteiger partial charge < -0.3 is 4.74 Å². The van der Waals surface area contributed by atoms with E-state index in [0.717, 1.165) is 0 Å². The minimum absolute atomic E-state index is 0.346. The molecule has 2 rings (SSSR count). The van der Waals surface area contributed by atoms with Crippen LogP contribution < -0.4 is 4.74 Å². The molecule has 96 valence electrons. The summed E-state index contributed by atoms with van der Waals surface area (Å²) >= 11 is 1.21. The second-order valence-electron chi connectivity index (χ2n) is 3.83. The smallest absolute Gasteiger partial charge is 0.194 e. The van der Waals surface area contributed by atoms with E-state index >= 15 is 0 Å². The van der Waals surface area contributed by atoms with E-state index in [2.05, 4.69) is 0 Å². The number of thiophene rings is 1. The van der Waals surface area contributed by atoms with E-state index in [1.54, 1.807) is 17.5 Å². The van der Waals surface area contributed by atoms with Gasteiger partial charge in [-0.05, 0) is 17.7 Å². The van der Waals surface area contributed by atoms with Crippen LogP contribution in [0.3, 0.4) is 0 Å². The lowest BCUT2D eigenvalue weighted by Crippen LogP contribution is -2.10. The molecule has 1 aromatic heterocycles. The summed E-state index contributed by atoms with van der Waals surface area (Å²) in [7, 11) is 1.50. The Bertz CT molecular complexity index is 645. The monoisotopic (exact) mass is 275 g/mol. The predicted octanol–water partition coefficient (Wildman–Crippen LogP) is 3.39. The Morgan fingerprint density at radius 3 is 2.84 bits per heavy atom. The molecule has 0 saturated carbocycles. The van der Waals surface area contributed by atoms with Crippen LogP contribution in [0.25, 0.3) is 0 Å². The van der Waals surface area contributed by atoms with E-state index in [1.807, 2.05) is 6.07 Å². The maximum Gasteiger partial charge on any atom is 0.194 e. The van der Waals surface area contributed by atoms with Crippen molar-refractivity contribution in [2.75, 3.05) is 7.11 Å². The van der Waals surface area contributed by atoms with E-state index in [4.69, 9.17) is 10.00 Å². The summed E-state index contributed by atoms with van der Waals surface area (Å²) in [6, 6.07) is 9.03. The highest BCUT2D eigenvalue weighted by Crippen LogP contribution is 2.27. The second kappa shape index (κ2) is 5.63. The third kappa shape index (κ3) is 2.80. The molecule has 0 amide bonds. The molecule has 0 bridgehead atoms. The Morgan fingerprint density at radius 1 is 1.47 bits per heavy atom. The summed E-state index contributed by atoms with van der Waals surface area (Å²) in [5.74, 6) is -1.24. The van der Waals surface area contributed by atoms with Gasteiger partial charge in [0.2, 0.25) is 0 Å². The standard InChI is InChI=1S/C14H10FNO2S/c1-18-11-6-13(19-8-11)14(17)12(7-16)9-3-2-4-10(15)5-9/h2-6,8,12H,1H3. The number of hydrogen-bond acceptors (Lipinski definition) is 4. The van der Waals surface area contributed by atoms with Gasteiger partial charge in [-0.3, -0.25) is 4.79 Å².